The van der Waals surface area contributed by atoms with Crippen LogP contribution in [-0.4, -0.2) is 55.5 Å². The Labute approximate surface area is 130 Å². The summed E-state index contributed by atoms with van der Waals surface area (Å²) in [7, 11) is 1.70. The van der Waals surface area contributed by atoms with Gasteiger partial charge in [-0.05, 0) is 44.1 Å². The number of hydrogen-bond acceptors (Lipinski definition) is 3. The van der Waals surface area contributed by atoms with Crippen molar-refractivity contribution in [1.29, 1.82) is 0 Å². The molecule has 1 amide bonds. The van der Waals surface area contributed by atoms with E-state index in [9.17, 15) is 13.6 Å². The lowest BCUT2D eigenvalue weighted by molar-refractivity contribution is -0.133. The number of benzene rings is 1. The summed E-state index contributed by atoms with van der Waals surface area (Å²) < 4.78 is 26.3. The van der Waals surface area contributed by atoms with Crippen LogP contribution in [0.5, 0.6) is 0 Å². The van der Waals surface area contributed by atoms with Crippen LogP contribution in [0, 0.1) is 11.6 Å². The second-order valence-electron chi connectivity index (χ2n) is 5.73. The minimum atomic E-state index is -0.885. The van der Waals surface area contributed by atoms with Crippen LogP contribution >= 0.6 is 0 Å². The van der Waals surface area contributed by atoms with E-state index in [1.54, 1.807) is 11.9 Å². The maximum absolute atomic E-state index is 13.3. The minimum absolute atomic E-state index is 0.0147. The molecule has 122 valence electrons. The molecule has 0 spiro atoms. The van der Waals surface area contributed by atoms with E-state index in [4.69, 9.17) is 0 Å². The fourth-order valence-electron chi connectivity index (χ4n) is 2.57. The Morgan fingerprint density at radius 1 is 1.32 bits per heavy atom. The van der Waals surface area contributed by atoms with Gasteiger partial charge in [-0.3, -0.25) is 9.69 Å². The van der Waals surface area contributed by atoms with Gasteiger partial charge in [0, 0.05) is 20.1 Å². The van der Waals surface area contributed by atoms with Gasteiger partial charge in [-0.15, -0.1) is 0 Å². The standard InChI is InChI=1S/C16H23F2N3O/c1-12(13-4-5-14(17)15(18)10-13)20(2)16(22)11-21-8-3-6-19-7-9-21/h4-5,10,12,19H,3,6-9,11H2,1-2H3. The van der Waals surface area contributed by atoms with Gasteiger partial charge in [-0.2, -0.15) is 0 Å². The Balaban J connectivity index is 1.97. The number of nitrogens with one attached hydrogen (secondary N) is 1. The third-order valence-electron chi connectivity index (χ3n) is 4.19. The number of nitrogens with zero attached hydrogens (tertiary/aromatic N) is 2. The molecule has 0 saturated carbocycles. The van der Waals surface area contributed by atoms with Gasteiger partial charge in [0.2, 0.25) is 5.91 Å². The molecular weight excluding hydrogens is 288 g/mol. The van der Waals surface area contributed by atoms with E-state index in [2.05, 4.69) is 10.2 Å². The van der Waals surface area contributed by atoms with Crippen LogP contribution in [0.3, 0.4) is 0 Å². The van der Waals surface area contributed by atoms with E-state index >= 15 is 0 Å². The van der Waals surface area contributed by atoms with E-state index in [0.717, 1.165) is 44.7 Å². The maximum atomic E-state index is 13.3. The molecule has 1 unspecified atom stereocenters. The summed E-state index contributed by atoms with van der Waals surface area (Å²) in [5.41, 5.74) is 0.590. The summed E-state index contributed by atoms with van der Waals surface area (Å²) in [6.45, 7) is 5.77. The Kier molecular flexibility index (Phi) is 5.85. The van der Waals surface area contributed by atoms with Crippen LogP contribution in [-0.2, 0) is 4.79 Å². The van der Waals surface area contributed by atoms with Crippen molar-refractivity contribution in [2.45, 2.75) is 19.4 Å². The highest BCUT2D eigenvalue weighted by Crippen LogP contribution is 2.21. The SMILES string of the molecule is CC(c1ccc(F)c(F)c1)N(C)C(=O)CN1CCCNCC1. The normalized spacial score (nSPS) is 17.8. The van der Waals surface area contributed by atoms with E-state index < -0.39 is 11.6 Å². The molecule has 1 fully saturated rings. The summed E-state index contributed by atoms with van der Waals surface area (Å²) in [5.74, 6) is -1.77. The molecule has 22 heavy (non-hydrogen) atoms. The van der Waals surface area contributed by atoms with Crippen molar-refractivity contribution in [2.24, 2.45) is 0 Å². The highest BCUT2D eigenvalue weighted by Gasteiger charge is 2.21. The first-order valence-electron chi connectivity index (χ1n) is 7.62. The molecule has 1 aromatic rings. The van der Waals surface area contributed by atoms with Crippen molar-refractivity contribution in [2.75, 3.05) is 39.8 Å². The zero-order valence-corrected chi connectivity index (χ0v) is 13.1. The highest BCUT2D eigenvalue weighted by molar-refractivity contribution is 5.78. The summed E-state index contributed by atoms with van der Waals surface area (Å²) in [6, 6.07) is 3.47. The quantitative estimate of drug-likeness (QED) is 0.921. The number of likely N-dealkylation sites (N-methyl/N-ethyl adjacent to an activating group) is 1. The predicted molar refractivity (Wildman–Crippen MR) is 81.5 cm³/mol. The van der Waals surface area contributed by atoms with E-state index in [-0.39, 0.29) is 11.9 Å². The fourth-order valence-corrected chi connectivity index (χ4v) is 2.57. The molecule has 1 N–H and O–H groups in total. The molecule has 0 aliphatic carbocycles. The minimum Gasteiger partial charge on any atom is -0.338 e. The van der Waals surface area contributed by atoms with Gasteiger partial charge >= 0.3 is 0 Å². The lowest BCUT2D eigenvalue weighted by Crippen LogP contribution is -2.40. The van der Waals surface area contributed by atoms with E-state index in [1.165, 1.54) is 6.07 Å². The number of carbonyl (C=O) groups is 1. The first kappa shape index (κ1) is 16.8. The van der Waals surface area contributed by atoms with Gasteiger partial charge < -0.3 is 10.2 Å². The smallest absolute Gasteiger partial charge is 0.236 e. The van der Waals surface area contributed by atoms with Crippen molar-refractivity contribution >= 4 is 5.91 Å². The molecule has 6 heteroatoms. The predicted octanol–water partition coefficient (Wildman–Crippen LogP) is 1.78. The summed E-state index contributed by atoms with van der Waals surface area (Å²) in [5, 5.41) is 3.30. The Bertz CT molecular complexity index is 516. The summed E-state index contributed by atoms with van der Waals surface area (Å²) >= 11 is 0. The number of halogens is 2. The average molecular weight is 311 g/mol. The van der Waals surface area contributed by atoms with Gasteiger partial charge in [-0.25, -0.2) is 8.78 Å². The molecule has 2 rings (SSSR count). The number of hydrogen-bond donors (Lipinski definition) is 1. The van der Waals surface area contributed by atoms with Gasteiger partial charge in [0.1, 0.15) is 0 Å². The van der Waals surface area contributed by atoms with Crippen molar-refractivity contribution in [3.63, 3.8) is 0 Å². The average Bonchev–Trinajstić information content (AvgIpc) is 2.77. The van der Waals surface area contributed by atoms with Crippen molar-refractivity contribution in [1.82, 2.24) is 15.1 Å². The van der Waals surface area contributed by atoms with Gasteiger partial charge in [0.05, 0.1) is 12.6 Å². The highest BCUT2D eigenvalue weighted by atomic mass is 19.2. The van der Waals surface area contributed by atoms with E-state index in [1.807, 2.05) is 6.92 Å². The van der Waals surface area contributed by atoms with Crippen LogP contribution in [0.2, 0.25) is 0 Å². The second-order valence-corrected chi connectivity index (χ2v) is 5.73. The number of rotatable bonds is 4. The van der Waals surface area contributed by atoms with Crippen LogP contribution in [0.15, 0.2) is 18.2 Å². The molecule has 0 radical (unpaired) electrons. The number of carbonyl (C=O) groups excluding carboxylic acids is 1. The van der Waals surface area contributed by atoms with Crippen LogP contribution in [0.1, 0.15) is 24.9 Å². The third kappa shape index (κ3) is 4.24. The van der Waals surface area contributed by atoms with Gasteiger partial charge in [0.15, 0.2) is 11.6 Å². The molecule has 1 heterocycles. The largest absolute Gasteiger partial charge is 0.338 e. The van der Waals surface area contributed by atoms with Crippen LogP contribution in [0.25, 0.3) is 0 Å². The molecule has 1 saturated heterocycles. The molecule has 1 aromatic carbocycles. The summed E-state index contributed by atoms with van der Waals surface area (Å²) in [6.07, 6.45) is 1.02. The molecular formula is C16H23F2N3O. The second kappa shape index (κ2) is 7.65. The lowest BCUT2D eigenvalue weighted by Gasteiger charge is -2.28. The molecule has 0 aromatic heterocycles. The first-order chi connectivity index (χ1) is 10.5. The third-order valence-corrected chi connectivity index (χ3v) is 4.19. The molecule has 1 atom stereocenters. The zero-order valence-electron chi connectivity index (χ0n) is 13.1. The Morgan fingerprint density at radius 2 is 2.09 bits per heavy atom. The monoisotopic (exact) mass is 311 g/mol. The maximum Gasteiger partial charge on any atom is 0.236 e. The molecule has 0 bridgehead atoms. The zero-order chi connectivity index (χ0) is 16.1. The lowest BCUT2D eigenvalue weighted by atomic mass is 10.1. The van der Waals surface area contributed by atoms with Crippen LogP contribution < -0.4 is 5.32 Å². The van der Waals surface area contributed by atoms with Gasteiger partial charge in [-0.1, -0.05) is 6.07 Å². The van der Waals surface area contributed by atoms with Crippen LogP contribution in [0.4, 0.5) is 8.78 Å². The first-order valence-corrected chi connectivity index (χ1v) is 7.62. The number of amides is 1. The van der Waals surface area contributed by atoms with Crippen molar-refractivity contribution in [3.8, 4) is 0 Å². The van der Waals surface area contributed by atoms with Crippen molar-refractivity contribution < 1.29 is 13.6 Å². The molecule has 1 aliphatic rings. The van der Waals surface area contributed by atoms with E-state index in [0.29, 0.717) is 12.1 Å². The van der Waals surface area contributed by atoms with Crippen molar-refractivity contribution in [3.05, 3.63) is 35.4 Å². The fraction of sp³-hybridized carbons (Fsp3) is 0.562. The Morgan fingerprint density at radius 3 is 2.82 bits per heavy atom. The summed E-state index contributed by atoms with van der Waals surface area (Å²) in [4.78, 5) is 16.1. The molecule has 1 aliphatic heterocycles. The van der Waals surface area contributed by atoms with Gasteiger partial charge in [0.25, 0.3) is 0 Å². The topological polar surface area (TPSA) is 35.6 Å². The Hall–Kier alpha value is -1.53. The molecule has 4 nitrogen and oxygen atoms in total.